The third-order valence-electron chi connectivity index (χ3n) is 5.04. The van der Waals surface area contributed by atoms with Crippen molar-refractivity contribution in [1.29, 1.82) is 0 Å². The van der Waals surface area contributed by atoms with E-state index in [1.165, 1.54) is 18.4 Å². The largest absolute Gasteiger partial charge is 0.497 e. The minimum Gasteiger partial charge on any atom is -0.497 e. The van der Waals surface area contributed by atoms with Crippen LogP contribution in [0.1, 0.15) is 36.8 Å². The summed E-state index contributed by atoms with van der Waals surface area (Å²) < 4.78 is 7.09. The molecule has 2 aromatic rings. The zero-order chi connectivity index (χ0) is 17.7. The molecule has 0 saturated heterocycles. The number of rotatable bonds is 6. The van der Waals surface area contributed by atoms with Crippen LogP contribution in [0.3, 0.4) is 0 Å². The van der Waals surface area contributed by atoms with Crippen molar-refractivity contribution in [3.8, 4) is 5.75 Å². The lowest BCUT2D eigenvalue weighted by atomic mass is 9.78. The van der Waals surface area contributed by atoms with Crippen molar-refractivity contribution in [2.45, 2.75) is 37.6 Å². The molecule has 0 spiro atoms. The zero-order valence-corrected chi connectivity index (χ0v) is 14.9. The monoisotopic (exact) mass is 342 g/mol. The number of aryl methyl sites for hydroxylation is 1. The first-order valence-corrected chi connectivity index (χ1v) is 8.75. The molecule has 1 saturated carbocycles. The molecule has 2 N–H and O–H groups in total. The van der Waals surface area contributed by atoms with Crippen LogP contribution in [0.25, 0.3) is 0 Å². The van der Waals surface area contributed by atoms with Gasteiger partial charge >= 0.3 is 6.03 Å². The van der Waals surface area contributed by atoms with Gasteiger partial charge < -0.3 is 15.4 Å². The van der Waals surface area contributed by atoms with Crippen LogP contribution in [0.15, 0.2) is 36.7 Å². The number of amides is 2. The maximum atomic E-state index is 12.2. The van der Waals surface area contributed by atoms with E-state index >= 15 is 0 Å². The van der Waals surface area contributed by atoms with Gasteiger partial charge in [-0.3, -0.25) is 4.68 Å². The van der Waals surface area contributed by atoms with E-state index in [2.05, 4.69) is 27.9 Å². The number of ether oxygens (including phenoxy) is 1. The molecule has 0 aliphatic heterocycles. The minimum absolute atomic E-state index is 0.000181. The summed E-state index contributed by atoms with van der Waals surface area (Å²) in [6.45, 7) is 1.12. The Morgan fingerprint density at radius 1 is 1.32 bits per heavy atom. The summed E-state index contributed by atoms with van der Waals surface area (Å²) in [7, 11) is 3.55. The van der Waals surface area contributed by atoms with E-state index in [1.54, 1.807) is 18.0 Å². The molecule has 1 aliphatic rings. The van der Waals surface area contributed by atoms with Crippen molar-refractivity contribution in [3.63, 3.8) is 0 Å². The molecule has 1 aromatic heterocycles. The van der Waals surface area contributed by atoms with Crippen LogP contribution in [0.2, 0.25) is 0 Å². The van der Waals surface area contributed by atoms with Crippen molar-refractivity contribution >= 4 is 6.03 Å². The number of hydrogen-bond acceptors (Lipinski definition) is 3. The van der Waals surface area contributed by atoms with Gasteiger partial charge in [0.2, 0.25) is 0 Å². The molecule has 1 fully saturated rings. The van der Waals surface area contributed by atoms with Gasteiger partial charge in [-0.05, 0) is 30.5 Å². The van der Waals surface area contributed by atoms with Crippen LogP contribution in [0.5, 0.6) is 5.75 Å². The maximum Gasteiger partial charge on any atom is 0.315 e. The summed E-state index contributed by atoms with van der Waals surface area (Å²) in [5.74, 6) is 0.866. The molecule has 6 heteroatoms. The Morgan fingerprint density at radius 3 is 2.80 bits per heavy atom. The van der Waals surface area contributed by atoms with Gasteiger partial charge in [0.05, 0.1) is 13.3 Å². The van der Waals surface area contributed by atoms with Crippen LogP contribution in [-0.4, -0.2) is 29.5 Å². The second-order valence-electron chi connectivity index (χ2n) is 6.78. The quantitative estimate of drug-likeness (QED) is 0.848. The molecule has 0 unspecified atom stereocenters. The van der Waals surface area contributed by atoms with Gasteiger partial charge in [-0.15, -0.1) is 0 Å². The van der Waals surface area contributed by atoms with Crippen molar-refractivity contribution in [1.82, 2.24) is 20.4 Å². The third kappa shape index (κ3) is 4.13. The standard InChI is InChI=1S/C19H26N4O2/c1-23-13-15(12-22-23)11-20-18(24)21-14-19(8-3-4-9-19)16-6-5-7-17(10-16)25-2/h5-7,10,12-13H,3-4,8-9,11,14H2,1-2H3,(H2,20,21,24). The lowest BCUT2D eigenvalue weighted by Gasteiger charge is -2.30. The first-order valence-electron chi connectivity index (χ1n) is 8.75. The molecule has 3 rings (SSSR count). The van der Waals surface area contributed by atoms with Crippen molar-refractivity contribution in [3.05, 3.63) is 47.8 Å². The average molecular weight is 342 g/mol. The van der Waals surface area contributed by atoms with E-state index in [4.69, 9.17) is 4.74 Å². The van der Waals surface area contributed by atoms with E-state index in [-0.39, 0.29) is 11.4 Å². The van der Waals surface area contributed by atoms with Crippen LogP contribution < -0.4 is 15.4 Å². The van der Waals surface area contributed by atoms with Crippen molar-refractivity contribution in [2.24, 2.45) is 7.05 Å². The van der Waals surface area contributed by atoms with Crippen molar-refractivity contribution < 1.29 is 9.53 Å². The summed E-state index contributed by atoms with van der Waals surface area (Å²) in [5.41, 5.74) is 2.23. The predicted molar refractivity (Wildman–Crippen MR) is 96.6 cm³/mol. The molecule has 2 amide bonds. The maximum absolute atomic E-state index is 12.2. The predicted octanol–water partition coefficient (Wildman–Crippen LogP) is 2.74. The van der Waals surface area contributed by atoms with Gasteiger partial charge in [0, 0.05) is 37.3 Å². The first-order chi connectivity index (χ1) is 12.1. The molecular weight excluding hydrogens is 316 g/mol. The Hall–Kier alpha value is -2.50. The van der Waals surface area contributed by atoms with Crippen LogP contribution in [0.4, 0.5) is 4.79 Å². The summed E-state index contributed by atoms with van der Waals surface area (Å²) in [4.78, 5) is 12.2. The van der Waals surface area contributed by atoms with E-state index < -0.39 is 0 Å². The van der Waals surface area contributed by atoms with Crippen molar-refractivity contribution in [2.75, 3.05) is 13.7 Å². The van der Waals surface area contributed by atoms with E-state index in [9.17, 15) is 4.79 Å². The fraction of sp³-hybridized carbons (Fsp3) is 0.474. The van der Waals surface area contributed by atoms with E-state index in [1.807, 2.05) is 25.4 Å². The van der Waals surface area contributed by atoms with Gasteiger partial charge in [-0.1, -0.05) is 25.0 Å². The Bertz CT molecular complexity index is 720. The molecule has 0 atom stereocenters. The highest BCUT2D eigenvalue weighted by Crippen LogP contribution is 2.41. The lowest BCUT2D eigenvalue weighted by molar-refractivity contribution is 0.236. The minimum atomic E-state index is -0.141. The molecule has 1 aliphatic carbocycles. The Morgan fingerprint density at radius 2 is 2.12 bits per heavy atom. The van der Waals surface area contributed by atoms with E-state index in [0.717, 1.165) is 24.2 Å². The lowest BCUT2D eigenvalue weighted by Crippen LogP contribution is -2.43. The summed E-state index contributed by atoms with van der Waals surface area (Å²) >= 11 is 0. The average Bonchev–Trinajstić information content (AvgIpc) is 3.28. The van der Waals surface area contributed by atoms with Crippen LogP contribution >= 0.6 is 0 Å². The highest BCUT2D eigenvalue weighted by Gasteiger charge is 2.36. The SMILES string of the molecule is COc1cccc(C2(CNC(=O)NCc3cnn(C)c3)CCCC2)c1. The molecular formula is C19H26N4O2. The number of benzene rings is 1. The van der Waals surface area contributed by atoms with Gasteiger partial charge in [-0.25, -0.2) is 4.79 Å². The van der Waals surface area contributed by atoms with E-state index in [0.29, 0.717) is 13.1 Å². The Kier molecular flexibility index (Phi) is 5.26. The number of nitrogens with one attached hydrogen (secondary N) is 2. The molecule has 25 heavy (non-hydrogen) atoms. The molecule has 0 radical (unpaired) electrons. The fourth-order valence-electron chi connectivity index (χ4n) is 3.63. The van der Waals surface area contributed by atoms with Gasteiger partial charge in [-0.2, -0.15) is 5.10 Å². The number of methoxy groups -OCH3 is 1. The number of carbonyl (C=O) groups excluding carboxylic acids is 1. The number of urea groups is 1. The summed E-state index contributed by atoms with van der Waals surface area (Å²) in [5, 5.41) is 10.1. The second-order valence-corrected chi connectivity index (χ2v) is 6.78. The van der Waals surface area contributed by atoms with Gasteiger partial charge in [0.25, 0.3) is 0 Å². The molecule has 134 valence electrons. The normalized spacial score (nSPS) is 15.8. The fourth-order valence-corrected chi connectivity index (χ4v) is 3.63. The molecule has 1 heterocycles. The topological polar surface area (TPSA) is 68.2 Å². The highest BCUT2D eigenvalue weighted by atomic mass is 16.5. The third-order valence-corrected chi connectivity index (χ3v) is 5.04. The Labute approximate surface area is 148 Å². The molecule has 6 nitrogen and oxygen atoms in total. The summed E-state index contributed by atoms with van der Waals surface area (Å²) in [6.07, 6.45) is 8.21. The molecule has 1 aromatic carbocycles. The number of hydrogen-bond donors (Lipinski definition) is 2. The van der Waals surface area contributed by atoms with Crippen LogP contribution in [-0.2, 0) is 19.0 Å². The number of carbonyl (C=O) groups is 1. The number of nitrogens with zero attached hydrogens (tertiary/aromatic N) is 2. The summed E-state index contributed by atoms with van der Waals surface area (Å²) in [6, 6.07) is 8.08. The zero-order valence-electron chi connectivity index (χ0n) is 14.9. The van der Waals surface area contributed by atoms with Crippen LogP contribution in [0, 0.1) is 0 Å². The number of aromatic nitrogens is 2. The Balaban J connectivity index is 1.60. The van der Waals surface area contributed by atoms with Gasteiger partial charge in [0.15, 0.2) is 0 Å². The second kappa shape index (κ2) is 7.59. The highest BCUT2D eigenvalue weighted by molar-refractivity contribution is 5.74. The smallest absolute Gasteiger partial charge is 0.315 e. The molecule has 0 bridgehead atoms. The first kappa shape index (κ1) is 17.3. The van der Waals surface area contributed by atoms with Gasteiger partial charge in [0.1, 0.15) is 5.75 Å².